The Hall–Kier alpha value is -5.09. The van der Waals surface area contributed by atoms with Crippen molar-refractivity contribution < 1.29 is 28.9 Å². The quantitative estimate of drug-likeness (QED) is 0.121. The Bertz CT molecular complexity index is 2280. The number of carbonyl (C=O) groups is 2. The predicted octanol–water partition coefficient (Wildman–Crippen LogP) is 9.74. The van der Waals surface area contributed by atoms with Gasteiger partial charge >= 0.3 is 5.97 Å². The third kappa shape index (κ3) is 9.12. The second-order valence-corrected chi connectivity index (χ2v) is 16.4. The number of halogens is 2. The second-order valence-electron chi connectivity index (χ2n) is 15.6. The van der Waals surface area contributed by atoms with Crippen molar-refractivity contribution in [2.75, 3.05) is 6.61 Å². The van der Waals surface area contributed by atoms with Gasteiger partial charge in [-0.25, -0.2) is 4.79 Å². The van der Waals surface area contributed by atoms with E-state index in [2.05, 4.69) is 36.0 Å². The molecule has 11 heteroatoms. The van der Waals surface area contributed by atoms with Crippen molar-refractivity contribution in [2.24, 2.45) is 5.92 Å². The highest BCUT2D eigenvalue weighted by Gasteiger charge is 2.39. The molecule has 302 valence electrons. The van der Waals surface area contributed by atoms with Gasteiger partial charge < -0.3 is 24.6 Å². The van der Waals surface area contributed by atoms with Gasteiger partial charge in [0.15, 0.2) is 17.6 Å². The number of amides is 1. The van der Waals surface area contributed by atoms with E-state index in [1.54, 1.807) is 18.3 Å². The number of ether oxygens (including phenoxy) is 3. The zero-order chi connectivity index (χ0) is 41.1. The first-order valence-corrected chi connectivity index (χ1v) is 20.6. The lowest BCUT2D eigenvalue weighted by Crippen LogP contribution is -2.57. The minimum absolute atomic E-state index is 0.0957. The summed E-state index contributed by atoms with van der Waals surface area (Å²) in [5, 5.41) is 14.2. The molecule has 9 nitrogen and oxygen atoms in total. The summed E-state index contributed by atoms with van der Waals surface area (Å²) >= 11 is 12.2. The SMILES string of the molecule is CC[C@@H](C(C)C)N1Cc2cc3c(cc2C[C@H]1C(=O)NC(Cc1ccc(-c2ccnc(C)c2C)cc1)C(=O)O)OC[C@H](c1ccc(OCc2ccc(Cl)c(Cl)c2)cc1)O3. The average Bonchev–Trinajstić information content (AvgIpc) is 3.21. The van der Waals surface area contributed by atoms with E-state index in [0.29, 0.717) is 53.5 Å². The molecular weight excluding hydrogens is 773 g/mol. The van der Waals surface area contributed by atoms with Gasteiger partial charge in [0.1, 0.15) is 25.0 Å². The van der Waals surface area contributed by atoms with Gasteiger partial charge in [0.25, 0.3) is 0 Å². The summed E-state index contributed by atoms with van der Waals surface area (Å²) < 4.78 is 18.8. The van der Waals surface area contributed by atoms with Crippen molar-refractivity contribution in [1.82, 2.24) is 15.2 Å². The number of benzene rings is 4. The fraction of sp³-hybridized carbons (Fsp3) is 0.340. The van der Waals surface area contributed by atoms with Crippen LogP contribution in [0.1, 0.15) is 72.4 Å². The predicted molar refractivity (Wildman–Crippen MR) is 227 cm³/mol. The van der Waals surface area contributed by atoms with Gasteiger partial charge in [-0.1, -0.05) is 86.4 Å². The van der Waals surface area contributed by atoms with Crippen LogP contribution in [0.5, 0.6) is 17.2 Å². The number of carbonyl (C=O) groups excluding carboxylic acids is 1. The van der Waals surface area contributed by atoms with E-state index < -0.39 is 18.1 Å². The molecule has 2 N–H and O–H groups in total. The first kappa shape index (κ1) is 41.1. The smallest absolute Gasteiger partial charge is 0.326 e. The van der Waals surface area contributed by atoms with Crippen LogP contribution in [0.15, 0.2) is 91.1 Å². The van der Waals surface area contributed by atoms with E-state index in [1.807, 2.05) is 86.6 Å². The van der Waals surface area contributed by atoms with Gasteiger partial charge in [0, 0.05) is 30.9 Å². The molecule has 0 saturated carbocycles. The van der Waals surface area contributed by atoms with Gasteiger partial charge in [-0.15, -0.1) is 0 Å². The van der Waals surface area contributed by atoms with E-state index in [4.69, 9.17) is 37.4 Å². The Kier molecular flexibility index (Phi) is 12.6. The Morgan fingerprint density at radius 3 is 2.34 bits per heavy atom. The standard InChI is InChI=1S/C47H49Cl2N3O6/c1-6-41(27(2)3)52-24-35-23-44-43(57-26-45(58-44)33-12-14-36(15-13-33)56-25-31-9-16-38(48)39(49)19-31)22-34(35)21-42(52)46(53)51-40(47(54)55)20-30-7-10-32(11-8-30)37-17-18-50-29(5)28(37)4/h7-19,22-23,27,40-42,45H,6,20-21,24-26H2,1-5H3,(H,51,53)(H,54,55)/t40?,41-,42-,45+/m0/s1. The maximum atomic E-state index is 14.2. The summed E-state index contributed by atoms with van der Waals surface area (Å²) in [5.74, 6) is 0.893. The summed E-state index contributed by atoms with van der Waals surface area (Å²) in [4.78, 5) is 33.4. The minimum Gasteiger partial charge on any atom is -0.489 e. The van der Waals surface area contributed by atoms with Crippen LogP contribution in [-0.4, -0.2) is 51.6 Å². The molecule has 0 saturated heterocycles. The molecule has 2 aliphatic heterocycles. The van der Waals surface area contributed by atoms with Crippen molar-refractivity contribution in [3.05, 3.63) is 140 Å². The summed E-state index contributed by atoms with van der Waals surface area (Å²) in [6, 6.07) is 25.5. The number of aryl methyl sites for hydroxylation is 1. The van der Waals surface area contributed by atoms with Crippen LogP contribution in [0.4, 0.5) is 0 Å². The summed E-state index contributed by atoms with van der Waals surface area (Å²) in [7, 11) is 0. The van der Waals surface area contributed by atoms with Crippen LogP contribution in [0, 0.1) is 19.8 Å². The van der Waals surface area contributed by atoms with E-state index in [1.165, 1.54) is 0 Å². The van der Waals surface area contributed by atoms with E-state index in [0.717, 1.165) is 56.6 Å². The highest BCUT2D eigenvalue weighted by Crippen LogP contribution is 2.42. The first-order chi connectivity index (χ1) is 27.9. The number of hydrogen-bond donors (Lipinski definition) is 2. The second kappa shape index (κ2) is 17.8. The molecule has 0 radical (unpaired) electrons. The van der Waals surface area contributed by atoms with E-state index in [9.17, 15) is 14.7 Å². The molecule has 4 aromatic carbocycles. The third-order valence-corrected chi connectivity index (χ3v) is 12.2. The van der Waals surface area contributed by atoms with Crippen molar-refractivity contribution in [1.29, 1.82) is 0 Å². The van der Waals surface area contributed by atoms with Crippen molar-refractivity contribution in [3.63, 3.8) is 0 Å². The lowest BCUT2D eigenvalue weighted by molar-refractivity contribution is -0.143. The number of aromatic nitrogens is 1. The number of fused-ring (bicyclic) bond motifs is 2. The zero-order valence-corrected chi connectivity index (χ0v) is 34.9. The number of nitrogens with zero attached hydrogens (tertiary/aromatic N) is 2. The minimum atomic E-state index is -1.09. The Labute approximate surface area is 350 Å². The molecule has 2 aliphatic rings. The van der Waals surface area contributed by atoms with Gasteiger partial charge in [-0.05, 0) is 120 Å². The Balaban J connectivity index is 1.04. The lowest BCUT2D eigenvalue weighted by atomic mass is 9.88. The molecule has 1 unspecified atom stereocenters. The van der Waals surface area contributed by atoms with Crippen LogP contribution < -0.4 is 19.5 Å². The monoisotopic (exact) mass is 821 g/mol. The van der Waals surface area contributed by atoms with Crippen molar-refractivity contribution in [2.45, 2.75) is 91.3 Å². The van der Waals surface area contributed by atoms with Crippen molar-refractivity contribution in [3.8, 4) is 28.4 Å². The number of pyridine rings is 1. The molecule has 0 aliphatic carbocycles. The number of carboxylic acid groups (broad SMARTS) is 1. The van der Waals surface area contributed by atoms with Crippen molar-refractivity contribution >= 4 is 35.1 Å². The Morgan fingerprint density at radius 2 is 1.66 bits per heavy atom. The van der Waals surface area contributed by atoms with Crippen LogP contribution in [0.2, 0.25) is 10.0 Å². The van der Waals surface area contributed by atoms with Gasteiger partial charge in [0.05, 0.1) is 16.1 Å². The number of rotatable bonds is 13. The maximum Gasteiger partial charge on any atom is 0.326 e. The topological polar surface area (TPSA) is 110 Å². The highest BCUT2D eigenvalue weighted by atomic mass is 35.5. The van der Waals surface area contributed by atoms with Crippen LogP contribution in [0.25, 0.3) is 11.1 Å². The number of nitrogens with one attached hydrogen (secondary N) is 1. The summed E-state index contributed by atoms with van der Waals surface area (Å²) in [5.41, 5.74) is 8.94. The molecule has 4 atom stereocenters. The fourth-order valence-electron chi connectivity index (χ4n) is 8.07. The fourth-order valence-corrected chi connectivity index (χ4v) is 8.39. The Morgan fingerprint density at radius 1 is 0.931 bits per heavy atom. The zero-order valence-electron chi connectivity index (χ0n) is 33.4. The first-order valence-electron chi connectivity index (χ1n) is 19.8. The molecule has 0 bridgehead atoms. The number of aliphatic carboxylic acids is 1. The van der Waals surface area contributed by atoms with Gasteiger partial charge in [0.2, 0.25) is 5.91 Å². The maximum absolute atomic E-state index is 14.2. The summed E-state index contributed by atoms with van der Waals surface area (Å²) in [6.45, 7) is 11.7. The molecule has 3 heterocycles. The molecule has 1 amide bonds. The average molecular weight is 823 g/mol. The van der Waals surface area contributed by atoms with E-state index in [-0.39, 0.29) is 30.4 Å². The van der Waals surface area contributed by atoms with Crippen LogP contribution in [-0.2, 0) is 35.6 Å². The molecule has 0 spiro atoms. The van der Waals surface area contributed by atoms with Crippen LogP contribution >= 0.6 is 23.2 Å². The third-order valence-electron chi connectivity index (χ3n) is 11.4. The molecule has 7 rings (SSSR count). The number of carboxylic acids is 1. The molecule has 58 heavy (non-hydrogen) atoms. The van der Waals surface area contributed by atoms with Gasteiger partial charge in [-0.2, -0.15) is 0 Å². The van der Waals surface area contributed by atoms with Crippen LogP contribution in [0.3, 0.4) is 0 Å². The largest absolute Gasteiger partial charge is 0.489 e. The normalized spacial score (nSPS) is 17.3. The molecule has 5 aromatic rings. The number of hydrogen-bond acceptors (Lipinski definition) is 7. The van der Waals surface area contributed by atoms with E-state index >= 15 is 0 Å². The molecule has 1 aromatic heterocycles. The molecular formula is C47H49Cl2N3O6. The molecule has 0 fully saturated rings. The summed E-state index contributed by atoms with van der Waals surface area (Å²) in [6.07, 6.45) is 2.89. The highest BCUT2D eigenvalue weighted by molar-refractivity contribution is 6.42. The van der Waals surface area contributed by atoms with Gasteiger partial charge in [-0.3, -0.25) is 14.7 Å². The lowest BCUT2D eigenvalue weighted by Gasteiger charge is -2.43.